The van der Waals surface area contributed by atoms with Crippen molar-refractivity contribution in [3.8, 4) is 0 Å². The minimum Gasteiger partial charge on any atom is -0.478 e. The Labute approximate surface area is 111 Å². The van der Waals surface area contributed by atoms with Gasteiger partial charge >= 0.3 is 5.97 Å². The van der Waals surface area contributed by atoms with Crippen molar-refractivity contribution >= 4 is 5.97 Å². The Bertz CT molecular complexity index is 458. The van der Waals surface area contributed by atoms with E-state index in [1.165, 1.54) is 12.1 Å². The molecule has 0 aliphatic carbocycles. The molecular formula is C14H18FNO3. The van der Waals surface area contributed by atoms with E-state index in [2.05, 4.69) is 4.90 Å². The van der Waals surface area contributed by atoms with Crippen molar-refractivity contribution in [3.05, 3.63) is 35.1 Å². The molecule has 19 heavy (non-hydrogen) atoms. The number of hydrogen-bond acceptors (Lipinski definition) is 3. The molecule has 0 radical (unpaired) electrons. The SMILES string of the molecule is CN(Cc1ccc(F)c(C(=O)O)c1)C1CCOCC1. The Balaban J connectivity index is 2.05. The van der Waals surface area contributed by atoms with Gasteiger partial charge in [0.05, 0.1) is 5.56 Å². The number of rotatable bonds is 4. The highest BCUT2D eigenvalue weighted by Gasteiger charge is 2.19. The molecule has 1 aliphatic heterocycles. The van der Waals surface area contributed by atoms with Crippen LogP contribution < -0.4 is 0 Å². The summed E-state index contributed by atoms with van der Waals surface area (Å²) in [6.07, 6.45) is 1.95. The van der Waals surface area contributed by atoms with Gasteiger partial charge in [0.2, 0.25) is 0 Å². The maximum atomic E-state index is 13.3. The highest BCUT2D eigenvalue weighted by Crippen LogP contribution is 2.17. The highest BCUT2D eigenvalue weighted by molar-refractivity contribution is 5.88. The van der Waals surface area contributed by atoms with E-state index in [9.17, 15) is 9.18 Å². The predicted octanol–water partition coefficient (Wildman–Crippen LogP) is 2.13. The number of hydrogen-bond donors (Lipinski definition) is 1. The first kappa shape index (κ1) is 14.0. The lowest BCUT2D eigenvalue weighted by atomic mass is 10.1. The zero-order chi connectivity index (χ0) is 13.8. The molecular weight excluding hydrogens is 249 g/mol. The van der Waals surface area contributed by atoms with E-state index >= 15 is 0 Å². The Morgan fingerprint density at radius 1 is 1.47 bits per heavy atom. The van der Waals surface area contributed by atoms with Crippen LogP contribution in [0.4, 0.5) is 4.39 Å². The molecule has 1 saturated heterocycles. The molecule has 0 saturated carbocycles. The van der Waals surface area contributed by atoms with Crippen LogP contribution in [0.3, 0.4) is 0 Å². The van der Waals surface area contributed by atoms with Crippen molar-refractivity contribution in [2.45, 2.75) is 25.4 Å². The van der Waals surface area contributed by atoms with Gasteiger partial charge in [-0.05, 0) is 37.6 Å². The van der Waals surface area contributed by atoms with Gasteiger partial charge in [-0.3, -0.25) is 4.90 Å². The average molecular weight is 267 g/mol. The summed E-state index contributed by atoms with van der Waals surface area (Å²) in [6, 6.07) is 4.70. The van der Waals surface area contributed by atoms with E-state index in [1.807, 2.05) is 7.05 Å². The lowest BCUT2D eigenvalue weighted by Gasteiger charge is -2.31. The summed E-state index contributed by atoms with van der Waals surface area (Å²) in [5.74, 6) is -1.92. The van der Waals surface area contributed by atoms with E-state index < -0.39 is 11.8 Å². The Morgan fingerprint density at radius 3 is 2.79 bits per heavy atom. The van der Waals surface area contributed by atoms with Gasteiger partial charge in [-0.2, -0.15) is 0 Å². The van der Waals surface area contributed by atoms with Gasteiger partial charge in [-0.25, -0.2) is 9.18 Å². The Hall–Kier alpha value is -1.46. The topological polar surface area (TPSA) is 49.8 Å². The zero-order valence-electron chi connectivity index (χ0n) is 10.9. The number of carboxylic acids is 1. The average Bonchev–Trinajstić information content (AvgIpc) is 2.41. The molecule has 1 aliphatic rings. The molecule has 0 aromatic heterocycles. The number of aromatic carboxylic acids is 1. The summed E-state index contributed by atoms with van der Waals surface area (Å²) < 4.78 is 18.6. The molecule has 1 N–H and O–H groups in total. The van der Waals surface area contributed by atoms with Crippen LogP contribution in [-0.4, -0.2) is 42.3 Å². The quantitative estimate of drug-likeness (QED) is 0.908. The van der Waals surface area contributed by atoms with Crippen molar-refractivity contribution in [3.63, 3.8) is 0 Å². The number of benzene rings is 1. The third-order valence-electron chi connectivity index (χ3n) is 3.51. The smallest absolute Gasteiger partial charge is 0.338 e. The largest absolute Gasteiger partial charge is 0.478 e. The van der Waals surface area contributed by atoms with Gasteiger partial charge in [-0.1, -0.05) is 6.07 Å². The van der Waals surface area contributed by atoms with Crippen LogP contribution in [0, 0.1) is 5.82 Å². The van der Waals surface area contributed by atoms with Crippen molar-refractivity contribution in [1.29, 1.82) is 0 Å². The second-order valence-electron chi connectivity index (χ2n) is 4.88. The lowest BCUT2D eigenvalue weighted by molar-refractivity contribution is 0.0407. The first-order chi connectivity index (χ1) is 9.08. The predicted molar refractivity (Wildman–Crippen MR) is 68.7 cm³/mol. The maximum absolute atomic E-state index is 13.3. The van der Waals surface area contributed by atoms with Gasteiger partial charge in [0.1, 0.15) is 5.82 Å². The first-order valence-corrected chi connectivity index (χ1v) is 6.37. The molecule has 0 spiro atoms. The minimum absolute atomic E-state index is 0.266. The van der Waals surface area contributed by atoms with E-state index in [0.717, 1.165) is 31.6 Å². The fraction of sp³-hybridized carbons (Fsp3) is 0.500. The van der Waals surface area contributed by atoms with E-state index in [1.54, 1.807) is 6.07 Å². The Morgan fingerprint density at radius 2 is 2.16 bits per heavy atom. The summed E-state index contributed by atoms with van der Waals surface area (Å²) in [5, 5.41) is 8.90. The summed E-state index contributed by atoms with van der Waals surface area (Å²) in [7, 11) is 2.00. The number of halogens is 1. The van der Waals surface area contributed by atoms with Gasteiger partial charge in [-0.15, -0.1) is 0 Å². The zero-order valence-corrected chi connectivity index (χ0v) is 10.9. The molecule has 0 unspecified atom stereocenters. The summed E-state index contributed by atoms with van der Waals surface area (Å²) in [6.45, 7) is 2.14. The monoisotopic (exact) mass is 267 g/mol. The van der Waals surface area contributed by atoms with Crippen LogP contribution in [-0.2, 0) is 11.3 Å². The molecule has 1 aromatic carbocycles. The minimum atomic E-state index is -1.23. The van der Waals surface area contributed by atoms with Gasteiger partial charge in [0.15, 0.2) is 0 Å². The normalized spacial score (nSPS) is 16.8. The number of carboxylic acid groups (broad SMARTS) is 1. The fourth-order valence-electron chi connectivity index (χ4n) is 2.38. The molecule has 0 atom stereocenters. The molecule has 0 amide bonds. The molecule has 2 rings (SSSR count). The van der Waals surface area contributed by atoms with E-state index in [-0.39, 0.29) is 5.56 Å². The van der Waals surface area contributed by atoms with E-state index in [4.69, 9.17) is 9.84 Å². The van der Waals surface area contributed by atoms with Crippen LogP contribution in [0.2, 0.25) is 0 Å². The lowest BCUT2D eigenvalue weighted by Crippen LogP contribution is -2.36. The second-order valence-corrected chi connectivity index (χ2v) is 4.88. The molecule has 4 nitrogen and oxygen atoms in total. The van der Waals surface area contributed by atoms with Crippen LogP contribution in [0.15, 0.2) is 18.2 Å². The first-order valence-electron chi connectivity index (χ1n) is 6.37. The van der Waals surface area contributed by atoms with Gasteiger partial charge in [0.25, 0.3) is 0 Å². The Kier molecular flexibility index (Phi) is 4.50. The second kappa shape index (κ2) is 6.12. The molecule has 0 bridgehead atoms. The summed E-state index contributed by atoms with van der Waals surface area (Å²) in [4.78, 5) is 13.1. The standard InChI is InChI=1S/C14H18FNO3/c1-16(11-4-6-19-7-5-11)9-10-2-3-13(15)12(8-10)14(17)18/h2-3,8,11H,4-7,9H2,1H3,(H,17,18). The molecule has 1 heterocycles. The number of carbonyl (C=O) groups is 1. The molecule has 5 heteroatoms. The van der Waals surface area contributed by atoms with Crippen LogP contribution in [0.25, 0.3) is 0 Å². The maximum Gasteiger partial charge on any atom is 0.338 e. The van der Waals surface area contributed by atoms with Crippen molar-refractivity contribution in [2.75, 3.05) is 20.3 Å². The van der Waals surface area contributed by atoms with Gasteiger partial charge < -0.3 is 9.84 Å². The van der Waals surface area contributed by atoms with Crippen LogP contribution in [0.1, 0.15) is 28.8 Å². The summed E-state index contributed by atoms with van der Waals surface area (Å²) in [5.41, 5.74) is 0.547. The van der Waals surface area contributed by atoms with Crippen molar-refractivity contribution < 1.29 is 19.0 Å². The number of nitrogens with zero attached hydrogens (tertiary/aromatic N) is 1. The van der Waals surface area contributed by atoms with Crippen molar-refractivity contribution in [2.24, 2.45) is 0 Å². The van der Waals surface area contributed by atoms with Crippen molar-refractivity contribution in [1.82, 2.24) is 4.90 Å². The fourth-order valence-corrected chi connectivity index (χ4v) is 2.38. The number of ether oxygens (including phenoxy) is 1. The summed E-state index contributed by atoms with van der Waals surface area (Å²) >= 11 is 0. The third-order valence-corrected chi connectivity index (χ3v) is 3.51. The van der Waals surface area contributed by atoms with E-state index in [0.29, 0.717) is 12.6 Å². The third kappa shape index (κ3) is 3.52. The highest BCUT2D eigenvalue weighted by atomic mass is 19.1. The van der Waals surface area contributed by atoms with Gasteiger partial charge in [0, 0.05) is 25.8 Å². The van der Waals surface area contributed by atoms with Crippen LogP contribution in [0.5, 0.6) is 0 Å². The molecule has 1 aromatic rings. The molecule has 104 valence electrons. The molecule has 1 fully saturated rings. The van der Waals surface area contributed by atoms with Crippen LogP contribution >= 0.6 is 0 Å².